The molecule has 0 aliphatic heterocycles. The highest BCUT2D eigenvalue weighted by atomic mass is 32.2. The summed E-state index contributed by atoms with van der Waals surface area (Å²) in [5.74, 6) is 0. The summed E-state index contributed by atoms with van der Waals surface area (Å²) >= 11 is 3.29. The molecule has 0 saturated carbocycles. The minimum absolute atomic E-state index is 1.23. The van der Waals surface area contributed by atoms with Gasteiger partial charge in [-0.05, 0) is 45.9 Å². The fourth-order valence-corrected chi connectivity index (χ4v) is 2.61. The summed E-state index contributed by atoms with van der Waals surface area (Å²) in [6, 6.07) is 12.9. The number of hydrogen-bond acceptors (Lipinski definition) is 2. The Hall–Kier alpha value is -1.12. The lowest BCUT2D eigenvalue weighted by atomic mass is 10.1. The van der Waals surface area contributed by atoms with Crippen molar-refractivity contribution in [2.24, 2.45) is 0 Å². The van der Waals surface area contributed by atoms with Gasteiger partial charge in [-0.3, -0.25) is 0 Å². The summed E-state index contributed by atoms with van der Waals surface area (Å²) in [5, 5.41) is 6.23. The smallest absolute Gasteiger partial charge is 0.0122 e. The summed E-state index contributed by atoms with van der Waals surface area (Å²) in [6.07, 6.45) is 0. The van der Waals surface area contributed by atoms with E-state index in [-0.39, 0.29) is 0 Å². The van der Waals surface area contributed by atoms with Crippen LogP contribution in [0.25, 0.3) is 10.8 Å². The maximum absolute atomic E-state index is 3.72. The molecule has 0 bridgehead atoms. The fraction of sp³-hybridized carbons (Fsp3) is 0. The maximum Gasteiger partial charge on any atom is 0.0122 e. The standard InChI is InChI=1S/C14H12S2/c1-3-15-13-7-5-12-10-14(16-4-2)8-6-11(12)9-13/h3-10H,1-2H2. The van der Waals surface area contributed by atoms with Gasteiger partial charge in [0.2, 0.25) is 0 Å². The molecule has 0 nitrogen and oxygen atoms in total. The molecule has 0 atom stereocenters. The zero-order valence-electron chi connectivity index (χ0n) is 8.85. The van der Waals surface area contributed by atoms with Crippen molar-refractivity contribution in [1.29, 1.82) is 0 Å². The Bertz CT molecular complexity index is 480. The number of thioether (sulfide) groups is 2. The van der Waals surface area contributed by atoms with Crippen molar-refractivity contribution in [1.82, 2.24) is 0 Å². The predicted molar refractivity (Wildman–Crippen MR) is 76.1 cm³/mol. The zero-order chi connectivity index (χ0) is 11.4. The Balaban J connectivity index is 2.43. The molecule has 0 radical (unpaired) electrons. The second-order valence-electron chi connectivity index (χ2n) is 3.24. The quantitative estimate of drug-likeness (QED) is 0.668. The van der Waals surface area contributed by atoms with Gasteiger partial charge in [-0.15, -0.1) is 0 Å². The largest absolute Gasteiger partial charge is 0.0987 e. The molecule has 0 heterocycles. The second-order valence-corrected chi connectivity index (χ2v) is 5.32. The molecule has 0 aliphatic rings. The summed E-state index contributed by atoms with van der Waals surface area (Å²) < 4.78 is 0. The first kappa shape index (κ1) is 11.4. The van der Waals surface area contributed by atoms with Crippen LogP contribution in [0.2, 0.25) is 0 Å². The van der Waals surface area contributed by atoms with Gasteiger partial charge in [-0.25, -0.2) is 0 Å². The summed E-state index contributed by atoms with van der Waals surface area (Å²) in [5.41, 5.74) is 0. The lowest BCUT2D eigenvalue weighted by Crippen LogP contribution is -1.75. The van der Waals surface area contributed by atoms with E-state index in [1.165, 1.54) is 20.6 Å². The van der Waals surface area contributed by atoms with Crippen LogP contribution in [0.3, 0.4) is 0 Å². The van der Waals surface area contributed by atoms with E-state index < -0.39 is 0 Å². The van der Waals surface area contributed by atoms with Gasteiger partial charge in [0.05, 0.1) is 0 Å². The van der Waals surface area contributed by atoms with E-state index in [4.69, 9.17) is 0 Å². The number of benzene rings is 2. The van der Waals surface area contributed by atoms with Crippen LogP contribution in [-0.2, 0) is 0 Å². The van der Waals surface area contributed by atoms with Crippen molar-refractivity contribution < 1.29 is 0 Å². The molecule has 2 rings (SSSR count). The first-order chi connectivity index (χ1) is 7.83. The molecule has 16 heavy (non-hydrogen) atoms. The lowest BCUT2D eigenvalue weighted by Gasteiger charge is -2.03. The van der Waals surface area contributed by atoms with Crippen LogP contribution in [0, 0.1) is 0 Å². The van der Waals surface area contributed by atoms with Gasteiger partial charge in [0.1, 0.15) is 0 Å². The molecular weight excluding hydrogens is 232 g/mol. The van der Waals surface area contributed by atoms with Crippen LogP contribution in [0.4, 0.5) is 0 Å². The van der Waals surface area contributed by atoms with E-state index in [0.717, 1.165) is 0 Å². The Kier molecular flexibility index (Phi) is 3.75. The van der Waals surface area contributed by atoms with Gasteiger partial charge in [0.25, 0.3) is 0 Å². The lowest BCUT2D eigenvalue weighted by molar-refractivity contribution is 1.47. The predicted octanol–water partition coefficient (Wildman–Crippen LogP) is 5.31. The average molecular weight is 244 g/mol. The molecule has 0 N–H and O–H groups in total. The Morgan fingerprint density at radius 1 is 0.750 bits per heavy atom. The van der Waals surface area contributed by atoms with Crippen LogP contribution < -0.4 is 0 Å². The van der Waals surface area contributed by atoms with Gasteiger partial charge in [-0.1, -0.05) is 48.8 Å². The first-order valence-electron chi connectivity index (χ1n) is 4.92. The van der Waals surface area contributed by atoms with Gasteiger partial charge >= 0.3 is 0 Å². The van der Waals surface area contributed by atoms with E-state index >= 15 is 0 Å². The Morgan fingerprint density at radius 3 is 1.56 bits per heavy atom. The second kappa shape index (κ2) is 5.28. The molecule has 2 aromatic rings. The zero-order valence-corrected chi connectivity index (χ0v) is 10.5. The maximum atomic E-state index is 3.72. The van der Waals surface area contributed by atoms with E-state index in [0.29, 0.717) is 0 Å². The van der Waals surface area contributed by atoms with Gasteiger partial charge < -0.3 is 0 Å². The Labute approximate surface area is 104 Å². The van der Waals surface area contributed by atoms with E-state index in [2.05, 4.69) is 49.6 Å². The normalized spacial score (nSPS) is 10.2. The van der Waals surface area contributed by atoms with Gasteiger partial charge in [-0.2, -0.15) is 0 Å². The highest BCUT2D eigenvalue weighted by Crippen LogP contribution is 2.27. The monoisotopic (exact) mass is 244 g/mol. The summed E-state index contributed by atoms with van der Waals surface area (Å²) in [6.45, 7) is 7.45. The van der Waals surface area contributed by atoms with E-state index in [1.807, 2.05) is 10.8 Å². The molecule has 0 saturated heterocycles. The molecular formula is C14H12S2. The van der Waals surface area contributed by atoms with Crippen LogP contribution >= 0.6 is 23.5 Å². The molecule has 2 aromatic carbocycles. The van der Waals surface area contributed by atoms with Crippen molar-refractivity contribution in [3.05, 3.63) is 60.4 Å². The molecule has 80 valence electrons. The molecule has 0 unspecified atom stereocenters. The molecule has 0 fully saturated rings. The van der Waals surface area contributed by atoms with Crippen molar-refractivity contribution >= 4 is 34.3 Å². The van der Waals surface area contributed by atoms with Gasteiger partial charge in [0, 0.05) is 9.79 Å². The number of hydrogen-bond donors (Lipinski definition) is 0. The molecule has 0 aromatic heterocycles. The minimum atomic E-state index is 1.23. The minimum Gasteiger partial charge on any atom is -0.0987 e. The summed E-state index contributed by atoms with van der Waals surface area (Å²) in [7, 11) is 0. The Morgan fingerprint density at radius 2 is 1.19 bits per heavy atom. The molecule has 0 amide bonds. The third kappa shape index (κ3) is 2.52. The van der Waals surface area contributed by atoms with Crippen LogP contribution in [0.15, 0.2) is 70.2 Å². The van der Waals surface area contributed by atoms with Crippen LogP contribution in [0.1, 0.15) is 0 Å². The van der Waals surface area contributed by atoms with Crippen molar-refractivity contribution in [2.75, 3.05) is 0 Å². The van der Waals surface area contributed by atoms with Crippen molar-refractivity contribution in [2.45, 2.75) is 9.79 Å². The molecule has 0 aliphatic carbocycles. The summed E-state index contributed by atoms with van der Waals surface area (Å²) in [4.78, 5) is 2.46. The number of rotatable bonds is 4. The highest BCUT2D eigenvalue weighted by Gasteiger charge is 1.98. The van der Waals surface area contributed by atoms with Crippen LogP contribution in [0.5, 0.6) is 0 Å². The number of fused-ring (bicyclic) bond motifs is 1. The molecule has 2 heteroatoms. The average Bonchev–Trinajstić information content (AvgIpc) is 2.30. The van der Waals surface area contributed by atoms with Gasteiger partial charge in [0.15, 0.2) is 0 Å². The fourth-order valence-electron chi connectivity index (χ4n) is 1.54. The van der Waals surface area contributed by atoms with E-state index in [9.17, 15) is 0 Å². The third-order valence-corrected chi connectivity index (χ3v) is 3.61. The van der Waals surface area contributed by atoms with E-state index in [1.54, 1.807) is 23.5 Å². The SMILES string of the molecule is C=CSc1ccc2cc(SC=C)ccc2c1. The van der Waals surface area contributed by atoms with Crippen molar-refractivity contribution in [3.8, 4) is 0 Å². The van der Waals surface area contributed by atoms with Crippen molar-refractivity contribution in [3.63, 3.8) is 0 Å². The molecule has 0 spiro atoms. The highest BCUT2D eigenvalue weighted by molar-refractivity contribution is 8.02. The first-order valence-corrected chi connectivity index (χ1v) is 6.68. The van der Waals surface area contributed by atoms with Crippen LogP contribution in [-0.4, -0.2) is 0 Å². The third-order valence-electron chi connectivity index (χ3n) is 2.22. The topological polar surface area (TPSA) is 0 Å².